The van der Waals surface area contributed by atoms with Crippen LogP contribution in [0.25, 0.3) is 0 Å². The molecule has 5 nitrogen and oxygen atoms in total. The van der Waals surface area contributed by atoms with Crippen molar-refractivity contribution in [2.75, 3.05) is 0 Å². The minimum atomic E-state index is -0.633. The van der Waals surface area contributed by atoms with Crippen molar-refractivity contribution in [2.45, 2.75) is 41.7 Å². The van der Waals surface area contributed by atoms with Crippen molar-refractivity contribution in [1.29, 1.82) is 0 Å². The molecule has 0 aromatic carbocycles. The summed E-state index contributed by atoms with van der Waals surface area (Å²) in [7, 11) is 0. The number of halogens is 1. The Hall–Kier alpha value is -0.330. The average molecular weight is 316 g/mol. The summed E-state index contributed by atoms with van der Waals surface area (Å²) in [6, 6.07) is -0.290. The number of aliphatic hydroxyl groups is 1. The van der Waals surface area contributed by atoms with Crippen LogP contribution in [-0.2, 0) is 9.47 Å². The third-order valence-corrected chi connectivity index (χ3v) is 6.98. The maximum absolute atomic E-state index is 11.5. The van der Waals surface area contributed by atoms with Crippen molar-refractivity contribution in [3.8, 4) is 0 Å². The van der Waals surface area contributed by atoms with E-state index in [1.807, 2.05) is 0 Å². The lowest BCUT2D eigenvalue weighted by molar-refractivity contribution is -0.101. The zero-order valence-electron chi connectivity index (χ0n) is 9.53. The van der Waals surface area contributed by atoms with E-state index in [-0.39, 0.29) is 24.4 Å². The maximum atomic E-state index is 11.5. The monoisotopic (exact) mass is 315 g/mol. The van der Waals surface area contributed by atoms with Crippen LogP contribution in [0.5, 0.6) is 0 Å². The summed E-state index contributed by atoms with van der Waals surface area (Å²) in [6.45, 7) is 0. The van der Waals surface area contributed by atoms with Crippen LogP contribution in [-0.4, -0.2) is 46.5 Å². The molecule has 0 aromatic heterocycles. The predicted octanol–water partition coefficient (Wildman–Crippen LogP) is 0.251. The molecular formula is C12H14BrNO4. The quantitative estimate of drug-likeness (QED) is 0.629. The van der Waals surface area contributed by atoms with Gasteiger partial charge in [-0.1, -0.05) is 15.9 Å². The summed E-state index contributed by atoms with van der Waals surface area (Å²) in [5, 5.41) is 13.2. The van der Waals surface area contributed by atoms with Gasteiger partial charge in [-0.2, -0.15) is 0 Å². The standard InChI is InChI=1S/C12H14BrNO4/c13-6-2-1-3-5-4(2)10-7(14-12(16)18-10)8(15)11(5)17-9(3)6/h2-11,15H,1H2,(H,14,16)/t2-,3+,4-,5+,6-,7-,8+,9-,10+,11+/m1/s1. The second-order valence-corrected chi connectivity index (χ2v) is 7.32. The first-order valence-corrected chi connectivity index (χ1v) is 7.53. The number of ether oxygens (including phenoxy) is 2. The molecule has 5 rings (SSSR count). The van der Waals surface area contributed by atoms with Crippen LogP contribution >= 0.6 is 15.9 Å². The van der Waals surface area contributed by atoms with Crippen molar-refractivity contribution in [2.24, 2.45) is 23.7 Å². The summed E-state index contributed by atoms with van der Waals surface area (Å²) in [5.74, 6) is 1.76. The normalized spacial score (nSPS) is 66.9. The molecule has 3 aliphatic carbocycles. The van der Waals surface area contributed by atoms with Gasteiger partial charge in [0.25, 0.3) is 0 Å². The smallest absolute Gasteiger partial charge is 0.407 e. The van der Waals surface area contributed by atoms with Crippen molar-refractivity contribution < 1.29 is 19.4 Å². The number of alkyl halides is 1. The number of alkyl carbamates (subject to hydrolysis) is 1. The number of carbonyl (C=O) groups excluding carboxylic acids is 1. The fraction of sp³-hybridized carbons (Fsp3) is 0.917. The summed E-state index contributed by atoms with van der Waals surface area (Å²) >= 11 is 3.75. The number of hydrogen-bond donors (Lipinski definition) is 2. The number of nitrogens with one attached hydrogen (secondary N) is 1. The molecule has 2 saturated heterocycles. The number of carbonyl (C=O) groups is 1. The highest BCUT2D eigenvalue weighted by molar-refractivity contribution is 9.09. The van der Waals surface area contributed by atoms with Gasteiger partial charge < -0.3 is 19.9 Å². The SMILES string of the molecule is O=C1N[C@@H]2[C@H](O)[C@H]3O[C@H]4[C@H](Br)[C@@H]5C[C@H]4[C@H]3[C@@H]5[C@@H]2O1. The summed E-state index contributed by atoms with van der Waals surface area (Å²) in [6.07, 6.45) is 0.0544. The van der Waals surface area contributed by atoms with Gasteiger partial charge in [-0.15, -0.1) is 0 Å². The first-order chi connectivity index (χ1) is 8.66. The summed E-state index contributed by atoms with van der Waals surface area (Å²) < 4.78 is 11.5. The van der Waals surface area contributed by atoms with Gasteiger partial charge in [0.1, 0.15) is 12.2 Å². The number of hydrogen-bond acceptors (Lipinski definition) is 4. The highest BCUT2D eigenvalue weighted by atomic mass is 79.9. The van der Waals surface area contributed by atoms with E-state index in [1.165, 1.54) is 0 Å². The molecular weight excluding hydrogens is 302 g/mol. The molecule has 0 aromatic rings. The molecule has 2 heterocycles. The Balaban J connectivity index is 1.63. The van der Waals surface area contributed by atoms with Crippen LogP contribution in [0.1, 0.15) is 6.42 Å². The molecule has 5 fully saturated rings. The first-order valence-electron chi connectivity index (χ1n) is 6.61. The van der Waals surface area contributed by atoms with Crippen LogP contribution in [0.2, 0.25) is 0 Å². The van der Waals surface area contributed by atoms with Gasteiger partial charge in [-0.25, -0.2) is 4.79 Å². The molecule has 18 heavy (non-hydrogen) atoms. The van der Waals surface area contributed by atoms with Gasteiger partial charge in [0, 0.05) is 10.7 Å². The van der Waals surface area contributed by atoms with Gasteiger partial charge in [0.05, 0.1) is 18.2 Å². The Kier molecular flexibility index (Phi) is 1.77. The van der Waals surface area contributed by atoms with Crippen molar-refractivity contribution >= 4 is 22.0 Å². The Morgan fingerprint density at radius 2 is 2.00 bits per heavy atom. The third-order valence-electron chi connectivity index (χ3n) is 5.78. The molecule has 2 N–H and O–H groups in total. The Morgan fingerprint density at radius 3 is 2.83 bits per heavy atom. The lowest BCUT2D eigenvalue weighted by Crippen LogP contribution is -2.59. The maximum Gasteiger partial charge on any atom is 0.407 e. The molecule has 1 amide bonds. The lowest BCUT2D eigenvalue weighted by Gasteiger charge is -2.42. The molecule has 5 aliphatic rings. The second kappa shape index (κ2) is 3.04. The van der Waals surface area contributed by atoms with Gasteiger partial charge in [0.2, 0.25) is 0 Å². The molecule has 2 aliphatic heterocycles. The van der Waals surface area contributed by atoms with Crippen LogP contribution in [0.3, 0.4) is 0 Å². The van der Waals surface area contributed by atoms with E-state index >= 15 is 0 Å². The summed E-state index contributed by atoms with van der Waals surface area (Å²) in [4.78, 5) is 11.8. The average Bonchev–Trinajstić information content (AvgIpc) is 2.99. The minimum absolute atomic E-state index is 0.124. The van der Waals surface area contributed by atoms with E-state index in [1.54, 1.807) is 0 Å². The number of rotatable bonds is 0. The molecule has 0 unspecified atom stereocenters. The van der Waals surface area contributed by atoms with Crippen LogP contribution in [0.4, 0.5) is 4.79 Å². The molecule has 6 heteroatoms. The van der Waals surface area contributed by atoms with Gasteiger partial charge in [-0.05, 0) is 24.2 Å². The highest BCUT2D eigenvalue weighted by Gasteiger charge is 2.72. The van der Waals surface area contributed by atoms with Gasteiger partial charge in [0.15, 0.2) is 0 Å². The molecule has 0 radical (unpaired) electrons. The molecule has 98 valence electrons. The zero-order chi connectivity index (χ0) is 12.2. The molecule has 3 saturated carbocycles. The minimum Gasteiger partial charge on any atom is -0.444 e. The van der Waals surface area contributed by atoms with E-state index in [9.17, 15) is 9.90 Å². The van der Waals surface area contributed by atoms with Crippen molar-refractivity contribution in [3.63, 3.8) is 0 Å². The third kappa shape index (κ3) is 0.947. The van der Waals surface area contributed by atoms with E-state index in [0.717, 1.165) is 6.42 Å². The Labute approximate surface area is 112 Å². The van der Waals surface area contributed by atoms with E-state index < -0.39 is 12.2 Å². The van der Waals surface area contributed by atoms with Gasteiger partial charge >= 0.3 is 6.09 Å². The molecule has 0 spiro atoms. The second-order valence-electron chi connectivity index (χ2n) is 6.26. The van der Waals surface area contributed by atoms with Gasteiger partial charge in [-0.3, -0.25) is 0 Å². The Morgan fingerprint density at radius 1 is 1.22 bits per heavy atom. The van der Waals surface area contributed by atoms with Crippen molar-refractivity contribution in [3.05, 3.63) is 0 Å². The number of aliphatic hydroxyl groups excluding tert-OH is 1. The van der Waals surface area contributed by atoms with E-state index in [4.69, 9.17) is 9.47 Å². The number of amides is 1. The first kappa shape index (κ1) is 10.5. The number of fused-ring (bicyclic) bond motifs is 4. The zero-order valence-corrected chi connectivity index (χ0v) is 11.1. The van der Waals surface area contributed by atoms with E-state index in [2.05, 4.69) is 21.2 Å². The van der Waals surface area contributed by atoms with Crippen LogP contribution in [0.15, 0.2) is 0 Å². The highest BCUT2D eigenvalue weighted by Crippen LogP contribution is 2.65. The Bertz CT molecular complexity index is 446. The summed E-state index contributed by atoms with van der Waals surface area (Å²) in [5.41, 5.74) is 0. The fourth-order valence-electron chi connectivity index (χ4n) is 5.31. The molecule has 10 atom stereocenters. The van der Waals surface area contributed by atoms with E-state index in [0.29, 0.717) is 28.5 Å². The predicted molar refractivity (Wildman–Crippen MR) is 63.2 cm³/mol. The van der Waals surface area contributed by atoms with Crippen LogP contribution < -0.4 is 5.32 Å². The largest absolute Gasteiger partial charge is 0.444 e. The topological polar surface area (TPSA) is 67.8 Å². The van der Waals surface area contributed by atoms with Crippen LogP contribution in [0, 0.1) is 23.7 Å². The lowest BCUT2D eigenvalue weighted by atomic mass is 9.67. The van der Waals surface area contributed by atoms with Crippen molar-refractivity contribution in [1.82, 2.24) is 5.32 Å². The molecule has 2 bridgehead atoms. The fourth-order valence-corrected chi connectivity index (χ4v) is 6.39.